The third-order valence-corrected chi connectivity index (χ3v) is 8.92. The van der Waals surface area contributed by atoms with Crippen molar-refractivity contribution in [2.45, 2.75) is 65.0 Å². The van der Waals surface area contributed by atoms with Crippen LogP contribution in [0.3, 0.4) is 0 Å². The average Bonchev–Trinajstić information content (AvgIpc) is 3.27. The van der Waals surface area contributed by atoms with E-state index in [-0.39, 0.29) is 5.91 Å². The third kappa shape index (κ3) is 9.44. The van der Waals surface area contributed by atoms with E-state index in [1.807, 2.05) is 24.3 Å². The summed E-state index contributed by atoms with van der Waals surface area (Å²) < 4.78 is 17.0. The maximum atomic E-state index is 13.6. The fourth-order valence-electron chi connectivity index (χ4n) is 6.21. The number of nitrogens with one attached hydrogen (secondary N) is 1. The predicted octanol–water partition coefficient (Wildman–Crippen LogP) is 7.80. The Labute approximate surface area is 275 Å². The minimum atomic E-state index is -0.0399. The molecule has 1 fully saturated rings. The Morgan fingerprint density at radius 2 is 1.70 bits per heavy atom. The number of rotatable bonds is 15. The number of hydrogen-bond acceptors (Lipinski definition) is 6. The van der Waals surface area contributed by atoms with Gasteiger partial charge in [0.15, 0.2) is 0 Å². The van der Waals surface area contributed by atoms with Gasteiger partial charge in [0.25, 0.3) is 5.91 Å². The van der Waals surface area contributed by atoms with Crippen LogP contribution in [0.1, 0.15) is 63.5 Å². The number of hydrogen-bond donors (Lipinski definition) is 1. The van der Waals surface area contributed by atoms with Gasteiger partial charge in [0.2, 0.25) is 0 Å². The Morgan fingerprint density at radius 3 is 2.43 bits per heavy atom. The Hall–Kier alpha value is -3.65. The molecule has 0 radical (unpaired) electrons. The molecule has 7 nitrogen and oxygen atoms in total. The van der Waals surface area contributed by atoms with E-state index >= 15 is 0 Å². The molecule has 5 rings (SSSR count). The summed E-state index contributed by atoms with van der Waals surface area (Å²) in [6, 6.07) is 23.6. The number of benzene rings is 3. The quantitative estimate of drug-likeness (QED) is 0.174. The molecule has 2 heterocycles. The zero-order valence-electron chi connectivity index (χ0n) is 27.9. The molecule has 1 amide bonds. The molecule has 0 spiro atoms. The van der Waals surface area contributed by atoms with E-state index < -0.39 is 0 Å². The van der Waals surface area contributed by atoms with Crippen molar-refractivity contribution in [2.75, 3.05) is 63.4 Å². The third-order valence-electron chi connectivity index (χ3n) is 8.92. The van der Waals surface area contributed by atoms with E-state index in [1.165, 1.54) is 11.3 Å². The van der Waals surface area contributed by atoms with Gasteiger partial charge in [-0.2, -0.15) is 0 Å². The van der Waals surface area contributed by atoms with Gasteiger partial charge in [-0.1, -0.05) is 50.6 Å². The highest BCUT2D eigenvalue weighted by Gasteiger charge is 2.21. The number of unbranched alkanes of at least 4 members (excludes halogenated alkanes) is 1. The Balaban J connectivity index is 1.25. The standard InChI is InChI=1S/C39H51N3O4/c1-4-6-22-44-25-26-46-37-14-9-31(10-15-37)32-11-16-38-34(27-32)28-33(17-21-42(38)20-5-2)39(43)40-35-12-7-30(8-13-35)29-41(3)36-18-23-45-24-19-36/h7-16,27-28,36H,4-6,17-26,29H2,1-3H3,(H,40,43). The van der Waals surface area contributed by atoms with Crippen molar-refractivity contribution in [1.82, 2.24) is 4.90 Å². The number of carbonyl (C=O) groups excluding carboxylic acids is 1. The number of nitrogens with zero attached hydrogens (tertiary/aromatic N) is 2. The number of anilines is 2. The molecular weight excluding hydrogens is 574 g/mol. The first kappa shape index (κ1) is 33.7. The van der Waals surface area contributed by atoms with Gasteiger partial charge in [0, 0.05) is 62.4 Å². The molecule has 3 aromatic rings. The molecule has 0 aromatic heterocycles. The van der Waals surface area contributed by atoms with E-state index in [9.17, 15) is 4.79 Å². The maximum absolute atomic E-state index is 13.6. The van der Waals surface area contributed by atoms with Crippen LogP contribution in [0.15, 0.2) is 72.3 Å². The normalized spacial score (nSPS) is 15.3. The first-order valence-electron chi connectivity index (χ1n) is 17.1. The molecule has 0 atom stereocenters. The number of carbonyl (C=O) groups is 1. The van der Waals surface area contributed by atoms with Gasteiger partial charge < -0.3 is 24.4 Å². The van der Waals surface area contributed by atoms with Crippen LogP contribution in [0.5, 0.6) is 5.75 Å². The summed E-state index contributed by atoms with van der Waals surface area (Å²) in [5, 5.41) is 3.17. The second-order valence-corrected chi connectivity index (χ2v) is 12.4. The highest BCUT2D eigenvalue weighted by Crippen LogP contribution is 2.33. The van der Waals surface area contributed by atoms with Gasteiger partial charge in [-0.25, -0.2) is 0 Å². The molecule has 7 heteroatoms. The smallest absolute Gasteiger partial charge is 0.251 e. The second kappa shape index (κ2) is 17.3. The zero-order valence-corrected chi connectivity index (χ0v) is 27.9. The van der Waals surface area contributed by atoms with E-state index in [0.717, 1.165) is 105 Å². The lowest BCUT2D eigenvalue weighted by molar-refractivity contribution is -0.112. The topological polar surface area (TPSA) is 63.3 Å². The molecule has 246 valence electrons. The summed E-state index contributed by atoms with van der Waals surface area (Å²) >= 11 is 0. The summed E-state index contributed by atoms with van der Waals surface area (Å²) in [6.07, 6.45) is 8.19. The van der Waals surface area contributed by atoms with Crippen LogP contribution in [-0.4, -0.2) is 70.0 Å². The molecule has 2 aliphatic rings. The molecule has 0 bridgehead atoms. The number of fused-ring (bicyclic) bond motifs is 1. The lowest BCUT2D eigenvalue weighted by atomic mass is 10.00. The van der Waals surface area contributed by atoms with Gasteiger partial charge in [-0.05, 0) is 104 Å². The zero-order chi connectivity index (χ0) is 32.1. The lowest BCUT2D eigenvalue weighted by Crippen LogP contribution is -2.36. The molecular formula is C39H51N3O4. The van der Waals surface area contributed by atoms with Crippen LogP contribution in [0.25, 0.3) is 17.2 Å². The van der Waals surface area contributed by atoms with E-state index in [4.69, 9.17) is 14.2 Å². The van der Waals surface area contributed by atoms with Crippen molar-refractivity contribution in [1.29, 1.82) is 0 Å². The van der Waals surface area contributed by atoms with Crippen molar-refractivity contribution < 1.29 is 19.0 Å². The first-order valence-corrected chi connectivity index (χ1v) is 17.1. The SMILES string of the molecule is CCCCOCCOc1ccc(-c2ccc3c(c2)C=C(C(=O)Nc2ccc(CN(C)C4CCOCC4)cc2)CCN3CCC)cc1. The summed E-state index contributed by atoms with van der Waals surface area (Å²) in [7, 11) is 2.19. The fraction of sp³-hybridized carbons (Fsp3) is 0.462. The van der Waals surface area contributed by atoms with Gasteiger partial charge in [-0.3, -0.25) is 9.69 Å². The average molecular weight is 626 g/mol. The number of amides is 1. The highest BCUT2D eigenvalue weighted by atomic mass is 16.5. The Morgan fingerprint density at radius 1 is 0.935 bits per heavy atom. The molecule has 46 heavy (non-hydrogen) atoms. The minimum absolute atomic E-state index is 0.0399. The molecule has 1 saturated heterocycles. The van der Waals surface area contributed by atoms with Crippen molar-refractivity contribution in [3.05, 3.63) is 83.4 Å². The summed E-state index contributed by atoms with van der Waals surface area (Å²) in [5.74, 6) is 0.798. The van der Waals surface area contributed by atoms with Gasteiger partial charge in [-0.15, -0.1) is 0 Å². The van der Waals surface area contributed by atoms with Gasteiger partial charge >= 0.3 is 0 Å². The number of ether oxygens (including phenoxy) is 3. The monoisotopic (exact) mass is 625 g/mol. The van der Waals surface area contributed by atoms with Crippen LogP contribution < -0.4 is 15.0 Å². The van der Waals surface area contributed by atoms with Crippen LogP contribution in [0, 0.1) is 0 Å². The molecule has 2 aliphatic heterocycles. The van der Waals surface area contributed by atoms with Crippen LogP contribution >= 0.6 is 0 Å². The molecule has 0 unspecified atom stereocenters. The second-order valence-electron chi connectivity index (χ2n) is 12.4. The Kier molecular flexibility index (Phi) is 12.7. The molecule has 0 saturated carbocycles. The van der Waals surface area contributed by atoms with Crippen molar-refractivity contribution in [3.8, 4) is 16.9 Å². The van der Waals surface area contributed by atoms with E-state index in [1.54, 1.807) is 0 Å². The van der Waals surface area contributed by atoms with Crippen molar-refractivity contribution >= 4 is 23.4 Å². The highest BCUT2D eigenvalue weighted by molar-refractivity contribution is 6.07. The predicted molar refractivity (Wildman–Crippen MR) is 189 cm³/mol. The molecule has 0 aliphatic carbocycles. The maximum Gasteiger partial charge on any atom is 0.251 e. The van der Waals surface area contributed by atoms with Gasteiger partial charge in [0.1, 0.15) is 12.4 Å². The minimum Gasteiger partial charge on any atom is -0.491 e. The summed E-state index contributed by atoms with van der Waals surface area (Å²) in [5.41, 5.74) is 7.34. The Bertz CT molecular complexity index is 1410. The summed E-state index contributed by atoms with van der Waals surface area (Å²) in [6.45, 7) is 10.6. The molecule has 1 N–H and O–H groups in total. The van der Waals surface area contributed by atoms with E-state index in [2.05, 4.69) is 84.6 Å². The van der Waals surface area contributed by atoms with Crippen molar-refractivity contribution in [2.24, 2.45) is 0 Å². The van der Waals surface area contributed by atoms with Crippen LogP contribution in [0.2, 0.25) is 0 Å². The lowest BCUT2D eigenvalue weighted by Gasteiger charge is -2.31. The molecule has 3 aromatic carbocycles. The van der Waals surface area contributed by atoms with E-state index in [0.29, 0.717) is 25.7 Å². The van der Waals surface area contributed by atoms with Gasteiger partial charge in [0.05, 0.1) is 6.61 Å². The van der Waals surface area contributed by atoms with Crippen LogP contribution in [0.4, 0.5) is 11.4 Å². The largest absolute Gasteiger partial charge is 0.491 e. The first-order chi connectivity index (χ1) is 22.5. The van der Waals surface area contributed by atoms with Crippen LogP contribution in [-0.2, 0) is 20.8 Å². The van der Waals surface area contributed by atoms with Crippen molar-refractivity contribution in [3.63, 3.8) is 0 Å². The fourth-order valence-corrected chi connectivity index (χ4v) is 6.21. The summed E-state index contributed by atoms with van der Waals surface area (Å²) in [4.78, 5) is 18.4.